The van der Waals surface area contributed by atoms with Crippen molar-refractivity contribution in [2.75, 3.05) is 11.9 Å². The highest BCUT2D eigenvalue weighted by atomic mass is 32.1. The first-order chi connectivity index (χ1) is 16.0. The fraction of sp³-hybridized carbons (Fsp3) is 0.435. The number of benzene rings is 1. The van der Waals surface area contributed by atoms with Gasteiger partial charge in [0.05, 0.1) is 11.6 Å². The van der Waals surface area contributed by atoms with Gasteiger partial charge in [-0.25, -0.2) is 0 Å². The second-order valence-corrected chi connectivity index (χ2v) is 8.99. The molecule has 0 radical (unpaired) electrons. The maximum Gasteiger partial charge on any atom is 0.573 e. The summed E-state index contributed by atoms with van der Waals surface area (Å²) in [5, 5.41) is 12.6. The van der Waals surface area contributed by atoms with Gasteiger partial charge >= 0.3 is 12.3 Å². The molecule has 1 aromatic heterocycles. The number of alkyl halides is 3. The van der Waals surface area contributed by atoms with Crippen molar-refractivity contribution in [2.45, 2.75) is 58.0 Å². The molecule has 7 nitrogen and oxygen atoms in total. The SMILES string of the molecule is CCc1cc(C(=O)c2ccc(OC(F)(F)F)cc2)c(NC(=O)C(CC)N2CCC[C@@H]2C(=O)O)s1. The van der Waals surface area contributed by atoms with Crippen molar-refractivity contribution >= 4 is 34.0 Å². The quantitative estimate of drug-likeness (QED) is 0.487. The van der Waals surface area contributed by atoms with Gasteiger partial charge in [0.1, 0.15) is 16.8 Å². The molecule has 1 saturated heterocycles. The molecule has 1 aromatic carbocycles. The Morgan fingerprint density at radius 3 is 2.47 bits per heavy atom. The Balaban J connectivity index is 1.82. The van der Waals surface area contributed by atoms with Crippen LogP contribution in [0.1, 0.15) is 53.9 Å². The van der Waals surface area contributed by atoms with Crippen LogP contribution < -0.4 is 10.1 Å². The Bertz CT molecular complexity index is 1050. The predicted molar refractivity (Wildman–Crippen MR) is 120 cm³/mol. The fourth-order valence-corrected chi connectivity index (χ4v) is 5.03. The average Bonchev–Trinajstić information content (AvgIpc) is 3.40. The van der Waals surface area contributed by atoms with Gasteiger partial charge in [-0.1, -0.05) is 13.8 Å². The predicted octanol–water partition coefficient (Wildman–Crippen LogP) is 4.71. The minimum atomic E-state index is -4.84. The van der Waals surface area contributed by atoms with Crippen LogP contribution in [0.4, 0.5) is 18.2 Å². The number of likely N-dealkylation sites (tertiary alicyclic amines) is 1. The van der Waals surface area contributed by atoms with Crippen molar-refractivity contribution in [1.82, 2.24) is 4.90 Å². The molecule has 0 spiro atoms. The van der Waals surface area contributed by atoms with E-state index in [1.54, 1.807) is 17.9 Å². The van der Waals surface area contributed by atoms with E-state index in [4.69, 9.17) is 0 Å². The summed E-state index contributed by atoms with van der Waals surface area (Å²) >= 11 is 1.24. The first kappa shape index (κ1) is 25.7. The number of aliphatic carboxylic acids is 1. The lowest BCUT2D eigenvalue weighted by Gasteiger charge is -2.29. The highest BCUT2D eigenvalue weighted by molar-refractivity contribution is 7.16. The summed E-state index contributed by atoms with van der Waals surface area (Å²) in [6.45, 7) is 4.18. The summed E-state index contributed by atoms with van der Waals surface area (Å²) in [5.74, 6) is -2.27. The molecule has 11 heteroatoms. The first-order valence-corrected chi connectivity index (χ1v) is 11.7. The standard InChI is InChI=1S/C23H25F3N2O5S/c1-3-15-12-16(19(29)13-7-9-14(10-8-13)33-23(24,25)26)21(34-15)27-20(30)17(4-2)28-11-5-6-18(28)22(31)32/h7-10,12,17-18H,3-6,11H2,1-2H3,(H,27,30)(H,31,32)/t17?,18-/m1/s1. The molecule has 34 heavy (non-hydrogen) atoms. The Morgan fingerprint density at radius 2 is 1.91 bits per heavy atom. The molecule has 0 bridgehead atoms. The number of ether oxygens (including phenoxy) is 1. The van der Waals surface area contributed by atoms with Crippen LogP contribution in [0.25, 0.3) is 0 Å². The van der Waals surface area contributed by atoms with E-state index >= 15 is 0 Å². The molecule has 1 fully saturated rings. The van der Waals surface area contributed by atoms with Gasteiger partial charge in [0.15, 0.2) is 5.78 Å². The number of ketones is 1. The van der Waals surface area contributed by atoms with Crippen LogP contribution in [0, 0.1) is 0 Å². The monoisotopic (exact) mass is 498 g/mol. The van der Waals surface area contributed by atoms with Crippen molar-refractivity contribution in [3.8, 4) is 5.75 Å². The zero-order chi connectivity index (χ0) is 25.0. The Hall–Kier alpha value is -2.92. The maximum atomic E-state index is 13.1. The highest BCUT2D eigenvalue weighted by Gasteiger charge is 2.38. The number of carbonyl (C=O) groups is 3. The second-order valence-electron chi connectivity index (χ2n) is 7.86. The largest absolute Gasteiger partial charge is 0.573 e. The molecule has 0 saturated carbocycles. The fourth-order valence-electron chi connectivity index (χ4n) is 4.03. The molecule has 2 heterocycles. The summed E-state index contributed by atoms with van der Waals surface area (Å²) in [4.78, 5) is 40.3. The summed E-state index contributed by atoms with van der Waals surface area (Å²) in [5.41, 5.74) is 0.369. The molecular weight excluding hydrogens is 473 g/mol. The van der Waals surface area contributed by atoms with E-state index in [2.05, 4.69) is 10.1 Å². The lowest BCUT2D eigenvalue weighted by Crippen LogP contribution is -2.48. The van der Waals surface area contributed by atoms with Gasteiger partial charge in [0.25, 0.3) is 0 Å². The minimum Gasteiger partial charge on any atom is -0.480 e. The first-order valence-electron chi connectivity index (χ1n) is 10.9. The topological polar surface area (TPSA) is 95.9 Å². The Morgan fingerprint density at radius 1 is 1.24 bits per heavy atom. The highest BCUT2D eigenvalue weighted by Crippen LogP contribution is 2.32. The Kier molecular flexibility index (Phi) is 7.98. The molecular formula is C23H25F3N2O5S. The van der Waals surface area contributed by atoms with Crippen LogP contribution >= 0.6 is 11.3 Å². The van der Waals surface area contributed by atoms with Crippen molar-refractivity contribution in [1.29, 1.82) is 0 Å². The van der Waals surface area contributed by atoms with Gasteiger partial charge in [0, 0.05) is 10.4 Å². The molecule has 3 rings (SSSR count). The van der Waals surface area contributed by atoms with E-state index in [9.17, 15) is 32.7 Å². The molecule has 0 aliphatic carbocycles. The number of carboxylic acid groups (broad SMARTS) is 1. The van der Waals surface area contributed by atoms with E-state index in [-0.39, 0.29) is 11.1 Å². The number of hydrogen-bond acceptors (Lipinski definition) is 6. The van der Waals surface area contributed by atoms with Crippen molar-refractivity contribution in [2.24, 2.45) is 0 Å². The van der Waals surface area contributed by atoms with Crippen LogP contribution in [-0.4, -0.2) is 52.7 Å². The van der Waals surface area contributed by atoms with Gasteiger partial charge < -0.3 is 15.2 Å². The number of halogens is 3. The van der Waals surface area contributed by atoms with Crippen LogP contribution in [0.15, 0.2) is 30.3 Å². The normalized spacial score (nSPS) is 17.4. The van der Waals surface area contributed by atoms with Gasteiger partial charge in [-0.15, -0.1) is 24.5 Å². The van der Waals surface area contributed by atoms with Crippen LogP contribution in [-0.2, 0) is 16.0 Å². The van der Waals surface area contributed by atoms with Crippen LogP contribution in [0.5, 0.6) is 5.75 Å². The number of carbonyl (C=O) groups excluding carboxylic acids is 2. The maximum absolute atomic E-state index is 13.1. The van der Waals surface area contributed by atoms with Gasteiger partial charge in [0.2, 0.25) is 5.91 Å². The van der Waals surface area contributed by atoms with Gasteiger partial charge in [-0.05, 0) is 62.6 Å². The molecule has 1 aliphatic rings. The molecule has 1 unspecified atom stereocenters. The molecule has 2 N–H and O–H groups in total. The number of anilines is 1. The van der Waals surface area contributed by atoms with E-state index < -0.39 is 41.9 Å². The number of nitrogens with one attached hydrogen (secondary N) is 1. The summed E-state index contributed by atoms with van der Waals surface area (Å²) in [7, 11) is 0. The number of rotatable bonds is 9. The number of aryl methyl sites for hydroxylation is 1. The summed E-state index contributed by atoms with van der Waals surface area (Å²) in [6, 6.07) is 4.82. The third-order valence-electron chi connectivity index (χ3n) is 5.63. The molecule has 1 amide bonds. The van der Waals surface area contributed by atoms with Crippen LogP contribution in [0.2, 0.25) is 0 Å². The Labute approximate surface area is 198 Å². The summed E-state index contributed by atoms with van der Waals surface area (Å²) in [6.07, 6.45) is -2.68. The van der Waals surface area contributed by atoms with Crippen molar-refractivity contribution in [3.63, 3.8) is 0 Å². The van der Waals surface area contributed by atoms with E-state index in [0.717, 1.165) is 17.0 Å². The zero-order valence-corrected chi connectivity index (χ0v) is 19.5. The van der Waals surface area contributed by atoms with E-state index in [1.165, 1.54) is 23.5 Å². The minimum absolute atomic E-state index is 0.142. The number of amides is 1. The van der Waals surface area contributed by atoms with Gasteiger partial charge in [-0.3, -0.25) is 19.3 Å². The van der Waals surface area contributed by atoms with E-state index in [0.29, 0.717) is 37.2 Å². The second kappa shape index (κ2) is 10.6. The van der Waals surface area contributed by atoms with Crippen LogP contribution in [0.3, 0.4) is 0 Å². The van der Waals surface area contributed by atoms with Gasteiger partial charge in [-0.2, -0.15) is 0 Å². The zero-order valence-electron chi connectivity index (χ0n) is 18.6. The van der Waals surface area contributed by atoms with Crippen molar-refractivity contribution in [3.05, 3.63) is 46.3 Å². The molecule has 184 valence electrons. The lowest BCUT2D eigenvalue weighted by molar-refractivity contribution is -0.274. The third-order valence-corrected chi connectivity index (χ3v) is 6.83. The third kappa shape index (κ3) is 5.95. The number of nitrogens with zero attached hydrogens (tertiary/aromatic N) is 1. The van der Waals surface area contributed by atoms with Crippen molar-refractivity contribution < 1.29 is 37.4 Å². The average molecular weight is 499 g/mol. The van der Waals surface area contributed by atoms with E-state index in [1.807, 2.05) is 6.92 Å². The molecule has 2 atom stereocenters. The summed E-state index contributed by atoms with van der Waals surface area (Å²) < 4.78 is 41.0. The number of carboxylic acids is 1. The smallest absolute Gasteiger partial charge is 0.480 e. The molecule has 1 aliphatic heterocycles. The molecule has 2 aromatic rings. The number of hydrogen-bond donors (Lipinski definition) is 2. The lowest BCUT2D eigenvalue weighted by atomic mass is 10.0. The number of thiophene rings is 1.